The summed E-state index contributed by atoms with van der Waals surface area (Å²) >= 11 is 0. The van der Waals surface area contributed by atoms with Crippen LogP contribution in [0.1, 0.15) is 113 Å². The van der Waals surface area contributed by atoms with Crippen LogP contribution in [-0.2, 0) is 63.7 Å². The van der Waals surface area contributed by atoms with E-state index in [0.717, 1.165) is 5.56 Å². The van der Waals surface area contributed by atoms with Crippen LogP contribution >= 0.6 is 0 Å². The second-order valence-corrected chi connectivity index (χ2v) is 22.2. The van der Waals surface area contributed by atoms with Crippen molar-refractivity contribution in [1.29, 1.82) is 0 Å². The van der Waals surface area contributed by atoms with Gasteiger partial charge in [0.1, 0.15) is 24.7 Å². The standard InChI is InChI=1S/C57H98N8O15/c1-16-37(8)50(64(13)55(73)48(35(4)5)62-54(72)49(36(6)7)63(11)12)43(76-14)31-46(68)65-28-20-24-42(65)51(77-15)38(9)52(70)61-41(30-40-22-18-17-19-23-40)53(71)58-26-21-29-78-56(74)39(10)60-45(67)25-27-59-57(75)79-33-47(69)80-44(32-66)34(2)3/h17-19,22-23,34-39,41-44,47-51,66,69H,16,20-21,24-33H2,1-15H3,(H,58,71)(H,59,75)(H,60,67)(H,61,70)(H,62,72)/t37-,38+,39-,41-,42-,43+,44?,47?,48?,49?,50?,51+/m0/s1. The monoisotopic (exact) mass is 1130 g/mol. The first-order valence-electron chi connectivity index (χ1n) is 28.3. The Morgan fingerprint density at radius 2 is 1.44 bits per heavy atom. The number of aliphatic hydroxyl groups is 2. The highest BCUT2D eigenvalue weighted by Gasteiger charge is 2.44. The number of alkyl carbamates (subject to hydrolysis) is 1. The van der Waals surface area contributed by atoms with Crippen molar-refractivity contribution >= 4 is 47.5 Å². The summed E-state index contributed by atoms with van der Waals surface area (Å²) in [5.41, 5.74) is 0.793. The van der Waals surface area contributed by atoms with Gasteiger partial charge in [0.05, 0.1) is 62.0 Å². The molecule has 1 aliphatic rings. The highest BCUT2D eigenvalue weighted by molar-refractivity contribution is 5.91. The minimum Gasteiger partial charge on any atom is -0.464 e. The Morgan fingerprint density at radius 1 is 0.775 bits per heavy atom. The lowest BCUT2D eigenvalue weighted by molar-refractivity contribution is -0.175. The molecule has 0 radical (unpaired) electrons. The van der Waals surface area contributed by atoms with E-state index in [1.807, 2.05) is 90.9 Å². The lowest BCUT2D eigenvalue weighted by atomic mass is 9.89. The van der Waals surface area contributed by atoms with Crippen LogP contribution in [0.4, 0.5) is 4.79 Å². The second kappa shape index (κ2) is 36.1. The van der Waals surface area contributed by atoms with Crippen molar-refractivity contribution in [2.45, 2.75) is 175 Å². The van der Waals surface area contributed by atoms with E-state index < -0.39 is 103 Å². The highest BCUT2D eigenvalue weighted by atomic mass is 16.6. The number of hydrogen-bond donors (Lipinski definition) is 7. The molecule has 12 atom stereocenters. The molecular formula is C57H98N8O15. The molecule has 456 valence electrons. The molecule has 1 saturated heterocycles. The van der Waals surface area contributed by atoms with Gasteiger partial charge in [-0.15, -0.1) is 0 Å². The number of rotatable bonds is 36. The zero-order chi connectivity index (χ0) is 60.4. The maximum absolute atomic E-state index is 14.5. The number of nitrogens with zero attached hydrogens (tertiary/aromatic N) is 3. The van der Waals surface area contributed by atoms with Crippen LogP contribution < -0.4 is 26.6 Å². The molecule has 0 bridgehead atoms. The van der Waals surface area contributed by atoms with Gasteiger partial charge >= 0.3 is 12.1 Å². The van der Waals surface area contributed by atoms with Gasteiger partial charge < -0.3 is 70.3 Å². The highest BCUT2D eigenvalue weighted by Crippen LogP contribution is 2.30. The van der Waals surface area contributed by atoms with Crippen molar-refractivity contribution in [3.8, 4) is 0 Å². The first kappa shape index (κ1) is 70.6. The van der Waals surface area contributed by atoms with Gasteiger partial charge in [-0.3, -0.25) is 33.7 Å². The number of carbonyl (C=O) groups is 8. The molecule has 1 aliphatic heterocycles. The number of esters is 1. The third kappa shape index (κ3) is 22.8. The smallest absolute Gasteiger partial charge is 0.407 e. The van der Waals surface area contributed by atoms with E-state index in [9.17, 15) is 48.6 Å². The van der Waals surface area contributed by atoms with Gasteiger partial charge in [-0.05, 0) is 69.5 Å². The fourth-order valence-electron chi connectivity index (χ4n) is 9.98. The van der Waals surface area contributed by atoms with E-state index in [2.05, 4.69) is 26.6 Å². The lowest BCUT2D eigenvalue weighted by Crippen LogP contribution is -2.59. The van der Waals surface area contributed by atoms with Crippen molar-refractivity contribution in [2.24, 2.45) is 29.6 Å². The summed E-state index contributed by atoms with van der Waals surface area (Å²) in [5.74, 6) is -4.18. The number of aliphatic hydroxyl groups excluding tert-OH is 2. The molecule has 1 fully saturated rings. The number of likely N-dealkylation sites (tertiary alicyclic amines) is 1. The van der Waals surface area contributed by atoms with Crippen molar-refractivity contribution in [3.05, 3.63) is 35.9 Å². The topological polar surface area (TPSA) is 293 Å². The van der Waals surface area contributed by atoms with Gasteiger partial charge in [-0.1, -0.05) is 99.1 Å². The average molecular weight is 1140 g/mol. The maximum Gasteiger partial charge on any atom is 0.407 e. The predicted molar refractivity (Wildman–Crippen MR) is 300 cm³/mol. The summed E-state index contributed by atoms with van der Waals surface area (Å²) < 4.78 is 27.5. The van der Waals surface area contributed by atoms with Crippen molar-refractivity contribution in [2.75, 3.05) is 74.8 Å². The number of ether oxygens (including phenoxy) is 5. The van der Waals surface area contributed by atoms with Gasteiger partial charge in [0.2, 0.25) is 35.4 Å². The van der Waals surface area contributed by atoms with E-state index in [1.54, 1.807) is 37.6 Å². The van der Waals surface area contributed by atoms with Crippen LogP contribution in [-0.4, -0.2) is 208 Å². The lowest BCUT2D eigenvalue weighted by Gasteiger charge is -2.41. The number of methoxy groups -OCH3 is 2. The van der Waals surface area contributed by atoms with Gasteiger partial charge in [-0.2, -0.15) is 0 Å². The number of benzene rings is 1. The number of likely N-dealkylation sites (N-methyl/N-ethyl adjacent to an activating group) is 2. The van der Waals surface area contributed by atoms with Crippen molar-refractivity contribution in [3.63, 3.8) is 0 Å². The molecule has 80 heavy (non-hydrogen) atoms. The molecular weight excluding hydrogens is 1040 g/mol. The fraction of sp³-hybridized carbons (Fsp3) is 0.754. The minimum atomic E-state index is -1.45. The van der Waals surface area contributed by atoms with Crippen LogP contribution in [0.5, 0.6) is 0 Å². The molecule has 0 saturated carbocycles. The molecule has 1 heterocycles. The van der Waals surface area contributed by atoms with Gasteiger partial charge in [0, 0.05) is 53.7 Å². The number of carbonyl (C=O) groups excluding carboxylic acids is 8. The van der Waals surface area contributed by atoms with Gasteiger partial charge in [-0.25, -0.2) is 9.59 Å². The van der Waals surface area contributed by atoms with Crippen LogP contribution in [0, 0.1) is 29.6 Å². The molecule has 0 spiro atoms. The summed E-state index contributed by atoms with van der Waals surface area (Å²) in [5, 5.41) is 32.9. The van der Waals surface area contributed by atoms with E-state index in [4.69, 9.17) is 23.7 Å². The molecule has 1 aromatic rings. The largest absolute Gasteiger partial charge is 0.464 e. The number of hydrogen-bond acceptors (Lipinski definition) is 16. The number of amides is 7. The Labute approximate surface area is 475 Å². The van der Waals surface area contributed by atoms with Crippen LogP contribution in [0.25, 0.3) is 0 Å². The third-order valence-electron chi connectivity index (χ3n) is 14.7. The molecule has 7 amide bonds. The van der Waals surface area contributed by atoms with E-state index in [-0.39, 0.29) is 93.4 Å². The molecule has 23 heteroatoms. The maximum atomic E-state index is 14.5. The number of nitrogens with one attached hydrogen (secondary N) is 5. The quantitative estimate of drug-likeness (QED) is 0.0288. The second-order valence-electron chi connectivity index (χ2n) is 22.2. The Morgan fingerprint density at radius 3 is 2.00 bits per heavy atom. The third-order valence-corrected chi connectivity index (χ3v) is 14.7. The normalized spacial score (nSPS) is 17.7. The summed E-state index contributed by atoms with van der Waals surface area (Å²) in [6.45, 7) is 17.9. The SMILES string of the molecule is CC[C@H](C)C([C@@H](CC(=O)N1CCC[C@H]1[C@H](OC)[C@@H](C)C(=O)N[C@@H](Cc1ccccc1)C(=O)NCCCOC(=O)[C@H](C)NC(=O)CCNC(=O)OCC(O)OC(CO)C(C)C)OC)N(C)C(=O)C(NC(=O)C(C(C)C)N(C)C)C(C)C. The molecule has 0 aliphatic carbocycles. The van der Waals surface area contributed by atoms with Crippen molar-refractivity contribution in [1.82, 2.24) is 41.3 Å². The Kier molecular flexibility index (Phi) is 31.9. The van der Waals surface area contributed by atoms with Gasteiger partial charge in [0.25, 0.3) is 0 Å². The molecule has 1 aromatic carbocycles. The molecule has 23 nitrogen and oxygen atoms in total. The average Bonchev–Trinajstić information content (AvgIpc) is 3.89. The van der Waals surface area contributed by atoms with E-state index >= 15 is 0 Å². The Hall–Kier alpha value is -5.46. The Bertz CT molecular complexity index is 2070. The van der Waals surface area contributed by atoms with E-state index in [1.165, 1.54) is 21.1 Å². The summed E-state index contributed by atoms with van der Waals surface area (Å²) in [7, 11) is 8.38. The minimum absolute atomic E-state index is 0.00211. The molecule has 7 N–H and O–H groups in total. The summed E-state index contributed by atoms with van der Waals surface area (Å²) in [6, 6.07) is 4.86. The first-order chi connectivity index (χ1) is 37.7. The van der Waals surface area contributed by atoms with Crippen LogP contribution in [0.2, 0.25) is 0 Å². The van der Waals surface area contributed by atoms with Crippen LogP contribution in [0.3, 0.4) is 0 Å². The Balaban J connectivity index is 2.07. The van der Waals surface area contributed by atoms with E-state index in [0.29, 0.717) is 25.8 Å². The molecule has 0 aromatic heterocycles. The van der Waals surface area contributed by atoms with Crippen LogP contribution in [0.15, 0.2) is 30.3 Å². The zero-order valence-electron chi connectivity index (χ0n) is 50.3. The zero-order valence-corrected chi connectivity index (χ0v) is 50.3. The fourth-order valence-corrected chi connectivity index (χ4v) is 9.98. The first-order valence-corrected chi connectivity index (χ1v) is 28.3. The van der Waals surface area contributed by atoms with Gasteiger partial charge in [0.15, 0.2) is 6.29 Å². The molecule has 2 rings (SSSR count). The molecule has 5 unspecified atom stereocenters. The summed E-state index contributed by atoms with van der Waals surface area (Å²) in [4.78, 5) is 113. The summed E-state index contributed by atoms with van der Waals surface area (Å²) in [6.07, 6.45) is -2.45. The predicted octanol–water partition coefficient (Wildman–Crippen LogP) is 2.38. The van der Waals surface area contributed by atoms with Crippen molar-refractivity contribution < 1.29 is 72.3 Å².